The van der Waals surface area contributed by atoms with Gasteiger partial charge in [-0.25, -0.2) is 0 Å². The van der Waals surface area contributed by atoms with Gasteiger partial charge in [0, 0.05) is 31.9 Å². The Balaban J connectivity index is 2.01. The average Bonchev–Trinajstić information content (AvgIpc) is 2.58. The minimum atomic E-state index is -0.956. The number of aromatic nitrogens is 1. The van der Waals surface area contributed by atoms with Gasteiger partial charge < -0.3 is 10.0 Å². The average molecular weight is 312 g/mol. The highest BCUT2D eigenvalue weighted by Gasteiger charge is 2.15. The maximum atomic E-state index is 12.3. The number of hydrogen-bond acceptors (Lipinski definition) is 3. The minimum absolute atomic E-state index is 0.0182. The summed E-state index contributed by atoms with van der Waals surface area (Å²) in [4.78, 5) is 28.8. The lowest BCUT2D eigenvalue weighted by Crippen LogP contribution is -2.32. The highest BCUT2D eigenvalue weighted by molar-refractivity contribution is 5.80. The highest BCUT2D eigenvalue weighted by atomic mass is 16.4. The Morgan fingerprint density at radius 2 is 1.74 bits per heavy atom. The third-order valence-corrected chi connectivity index (χ3v) is 3.51. The Morgan fingerprint density at radius 3 is 2.39 bits per heavy atom. The van der Waals surface area contributed by atoms with E-state index in [-0.39, 0.29) is 18.7 Å². The van der Waals surface area contributed by atoms with Crippen LogP contribution in [0.1, 0.15) is 24.0 Å². The normalized spacial score (nSPS) is 10.3. The molecule has 5 heteroatoms. The summed E-state index contributed by atoms with van der Waals surface area (Å²) >= 11 is 0. The third kappa shape index (κ3) is 5.90. The van der Waals surface area contributed by atoms with Crippen LogP contribution >= 0.6 is 0 Å². The first-order chi connectivity index (χ1) is 11.1. The number of nitrogens with zero attached hydrogens (tertiary/aromatic N) is 2. The Morgan fingerprint density at radius 1 is 1.00 bits per heavy atom. The van der Waals surface area contributed by atoms with Gasteiger partial charge in [-0.05, 0) is 23.6 Å². The Hall–Kier alpha value is -2.69. The number of hydrogen-bond donors (Lipinski definition) is 1. The summed E-state index contributed by atoms with van der Waals surface area (Å²) in [5.74, 6) is -1.10. The molecule has 0 atom stereocenters. The number of carbonyl (C=O) groups is 2. The number of carboxylic acid groups (broad SMARTS) is 1. The molecule has 0 fully saturated rings. The van der Waals surface area contributed by atoms with Crippen LogP contribution in [0.3, 0.4) is 0 Å². The summed E-state index contributed by atoms with van der Waals surface area (Å²) in [6, 6.07) is 13.7. The van der Waals surface area contributed by atoms with Gasteiger partial charge in [-0.15, -0.1) is 0 Å². The Kier molecular flexibility index (Phi) is 6.29. The second kappa shape index (κ2) is 8.68. The van der Waals surface area contributed by atoms with Crippen LogP contribution in [0.15, 0.2) is 54.9 Å². The van der Waals surface area contributed by atoms with Crippen molar-refractivity contribution in [2.24, 2.45) is 0 Å². The topological polar surface area (TPSA) is 70.5 Å². The molecule has 0 unspecified atom stereocenters. The molecule has 0 aliphatic heterocycles. The van der Waals surface area contributed by atoms with Gasteiger partial charge in [0.15, 0.2) is 0 Å². The number of rotatable bonds is 8. The van der Waals surface area contributed by atoms with Crippen molar-refractivity contribution < 1.29 is 14.7 Å². The lowest BCUT2D eigenvalue weighted by molar-refractivity contribution is -0.141. The van der Waals surface area contributed by atoms with Gasteiger partial charge in [0.2, 0.25) is 5.91 Å². The summed E-state index contributed by atoms with van der Waals surface area (Å²) in [7, 11) is 0. The third-order valence-electron chi connectivity index (χ3n) is 3.51. The van der Waals surface area contributed by atoms with Crippen molar-refractivity contribution in [3.63, 3.8) is 0 Å². The molecule has 0 saturated carbocycles. The van der Waals surface area contributed by atoms with E-state index >= 15 is 0 Å². The van der Waals surface area contributed by atoms with E-state index in [2.05, 4.69) is 4.98 Å². The quantitative estimate of drug-likeness (QED) is 0.813. The van der Waals surface area contributed by atoms with Gasteiger partial charge in [0.1, 0.15) is 0 Å². The van der Waals surface area contributed by atoms with Crippen molar-refractivity contribution in [2.75, 3.05) is 6.54 Å². The van der Waals surface area contributed by atoms with E-state index in [0.717, 1.165) is 17.5 Å². The minimum Gasteiger partial charge on any atom is -0.481 e. The van der Waals surface area contributed by atoms with E-state index in [1.807, 2.05) is 42.5 Å². The molecule has 1 aromatic carbocycles. The number of carboxylic acids is 1. The molecule has 0 aliphatic rings. The molecule has 0 radical (unpaired) electrons. The largest absolute Gasteiger partial charge is 0.481 e. The zero-order chi connectivity index (χ0) is 16.5. The molecular formula is C18H20N2O3. The standard InChI is InChI=1S/C18H20N2O3/c21-17(8-9-18(22)23)20(14-16-7-4-11-19-13-16)12-10-15-5-2-1-3-6-15/h1-7,11,13H,8-10,12,14H2,(H,22,23). The molecule has 0 spiro atoms. The van der Waals surface area contributed by atoms with Crippen molar-refractivity contribution in [1.29, 1.82) is 0 Å². The summed E-state index contributed by atoms with van der Waals surface area (Å²) in [5.41, 5.74) is 2.08. The fourth-order valence-corrected chi connectivity index (χ4v) is 2.28. The van der Waals surface area contributed by atoms with E-state index in [1.54, 1.807) is 17.3 Å². The van der Waals surface area contributed by atoms with Gasteiger partial charge in [0.25, 0.3) is 0 Å². The van der Waals surface area contributed by atoms with Crippen LogP contribution in [-0.4, -0.2) is 33.4 Å². The molecule has 2 rings (SSSR count). The van der Waals surface area contributed by atoms with Crippen LogP contribution in [-0.2, 0) is 22.6 Å². The Bertz CT molecular complexity index is 629. The van der Waals surface area contributed by atoms with E-state index in [4.69, 9.17) is 5.11 Å². The number of amides is 1. The van der Waals surface area contributed by atoms with Gasteiger partial charge in [-0.3, -0.25) is 14.6 Å². The first-order valence-corrected chi connectivity index (χ1v) is 7.57. The summed E-state index contributed by atoms with van der Waals surface area (Å²) < 4.78 is 0. The second-order valence-corrected chi connectivity index (χ2v) is 5.31. The first-order valence-electron chi connectivity index (χ1n) is 7.57. The molecule has 1 N–H and O–H groups in total. The lowest BCUT2D eigenvalue weighted by atomic mass is 10.1. The molecule has 23 heavy (non-hydrogen) atoms. The van der Waals surface area contributed by atoms with Crippen molar-refractivity contribution in [3.05, 3.63) is 66.0 Å². The summed E-state index contributed by atoms with van der Waals surface area (Å²) in [5, 5.41) is 8.76. The predicted molar refractivity (Wildman–Crippen MR) is 86.7 cm³/mol. The number of aliphatic carboxylic acids is 1. The highest BCUT2D eigenvalue weighted by Crippen LogP contribution is 2.09. The SMILES string of the molecule is O=C(O)CCC(=O)N(CCc1ccccc1)Cc1cccnc1. The molecule has 0 saturated heterocycles. The van der Waals surface area contributed by atoms with Crippen LogP contribution in [0.25, 0.3) is 0 Å². The van der Waals surface area contributed by atoms with E-state index < -0.39 is 5.97 Å². The van der Waals surface area contributed by atoms with Crippen LogP contribution in [0.5, 0.6) is 0 Å². The van der Waals surface area contributed by atoms with E-state index in [0.29, 0.717) is 13.1 Å². The van der Waals surface area contributed by atoms with Crippen molar-refractivity contribution >= 4 is 11.9 Å². The molecular weight excluding hydrogens is 292 g/mol. The number of carbonyl (C=O) groups excluding carboxylic acids is 1. The molecule has 1 heterocycles. The molecule has 1 amide bonds. The monoisotopic (exact) mass is 312 g/mol. The van der Waals surface area contributed by atoms with Crippen LogP contribution < -0.4 is 0 Å². The maximum Gasteiger partial charge on any atom is 0.303 e. The van der Waals surface area contributed by atoms with E-state index in [9.17, 15) is 9.59 Å². The van der Waals surface area contributed by atoms with Crippen molar-refractivity contribution in [3.8, 4) is 0 Å². The predicted octanol–water partition coefficient (Wildman–Crippen LogP) is 2.52. The molecule has 2 aromatic rings. The van der Waals surface area contributed by atoms with Crippen molar-refractivity contribution in [1.82, 2.24) is 9.88 Å². The van der Waals surface area contributed by atoms with Gasteiger partial charge in [-0.1, -0.05) is 36.4 Å². The summed E-state index contributed by atoms with van der Waals surface area (Å²) in [6.45, 7) is 0.997. The van der Waals surface area contributed by atoms with Crippen molar-refractivity contribution in [2.45, 2.75) is 25.8 Å². The van der Waals surface area contributed by atoms with E-state index in [1.165, 1.54) is 0 Å². The second-order valence-electron chi connectivity index (χ2n) is 5.31. The van der Waals surface area contributed by atoms with Crippen LogP contribution in [0, 0.1) is 0 Å². The fraction of sp³-hybridized carbons (Fsp3) is 0.278. The first kappa shape index (κ1) is 16.7. The lowest BCUT2D eigenvalue weighted by Gasteiger charge is -2.22. The number of benzene rings is 1. The van der Waals surface area contributed by atoms with Gasteiger partial charge in [-0.2, -0.15) is 0 Å². The van der Waals surface area contributed by atoms with Gasteiger partial charge >= 0.3 is 5.97 Å². The molecule has 0 bridgehead atoms. The molecule has 5 nitrogen and oxygen atoms in total. The zero-order valence-corrected chi connectivity index (χ0v) is 12.9. The fourth-order valence-electron chi connectivity index (χ4n) is 2.28. The van der Waals surface area contributed by atoms with Crippen LogP contribution in [0.4, 0.5) is 0 Å². The number of pyridine rings is 1. The molecule has 1 aromatic heterocycles. The zero-order valence-electron chi connectivity index (χ0n) is 12.9. The maximum absolute atomic E-state index is 12.3. The van der Waals surface area contributed by atoms with Gasteiger partial charge in [0.05, 0.1) is 6.42 Å². The Labute approximate surface area is 135 Å². The smallest absolute Gasteiger partial charge is 0.303 e. The van der Waals surface area contributed by atoms with Crippen LogP contribution in [0.2, 0.25) is 0 Å². The summed E-state index contributed by atoms with van der Waals surface area (Å²) in [6.07, 6.45) is 4.02. The molecule has 0 aliphatic carbocycles. The molecule has 120 valence electrons.